The number of hydrogen-bond donors (Lipinski definition) is 3. The van der Waals surface area contributed by atoms with E-state index in [1.807, 2.05) is 6.07 Å². The molecule has 2 aromatic carbocycles. The quantitative estimate of drug-likeness (QED) is 0.354. The highest BCUT2D eigenvalue weighted by Crippen LogP contribution is 2.32. The molecule has 3 fully saturated rings. The van der Waals surface area contributed by atoms with Gasteiger partial charge in [-0.1, -0.05) is 12.1 Å². The van der Waals surface area contributed by atoms with Gasteiger partial charge in [0.2, 0.25) is 0 Å². The third-order valence-corrected chi connectivity index (χ3v) is 8.75. The summed E-state index contributed by atoms with van der Waals surface area (Å²) in [6.07, 6.45) is 3.23. The first-order valence-electron chi connectivity index (χ1n) is 15.5. The molecule has 3 aliphatic rings. The van der Waals surface area contributed by atoms with Gasteiger partial charge in [-0.3, -0.25) is 4.90 Å². The van der Waals surface area contributed by atoms with Crippen LogP contribution in [0.1, 0.15) is 19.3 Å². The number of nitrogen functional groups attached to an aromatic ring is 1. The van der Waals surface area contributed by atoms with E-state index in [2.05, 4.69) is 59.4 Å². The van der Waals surface area contributed by atoms with Gasteiger partial charge in [0, 0.05) is 81.9 Å². The number of aromatic hydroxyl groups is 1. The van der Waals surface area contributed by atoms with Crippen LogP contribution in [0.15, 0.2) is 54.6 Å². The molecule has 3 saturated heterocycles. The van der Waals surface area contributed by atoms with Crippen LogP contribution in [0, 0.1) is 0 Å². The molecular weight excluding hydrogens is 528 g/mol. The summed E-state index contributed by atoms with van der Waals surface area (Å²) in [5.74, 6) is 0.918. The van der Waals surface area contributed by atoms with Crippen LogP contribution in [-0.4, -0.2) is 110 Å². The van der Waals surface area contributed by atoms with Gasteiger partial charge in [-0.2, -0.15) is 0 Å². The smallest absolute Gasteiger partial charge is 0.188 e. The van der Waals surface area contributed by atoms with E-state index in [9.17, 15) is 5.11 Å². The van der Waals surface area contributed by atoms with Gasteiger partial charge in [0.1, 0.15) is 17.5 Å². The van der Waals surface area contributed by atoms with Crippen LogP contribution in [0.3, 0.4) is 0 Å². The number of phenolic OH excluding ortho intramolecular Hbond substituents is 1. The van der Waals surface area contributed by atoms with E-state index in [1.165, 1.54) is 44.0 Å². The van der Waals surface area contributed by atoms with Gasteiger partial charge in [0.05, 0.1) is 6.54 Å². The topological polar surface area (TPSA) is 106 Å². The fourth-order valence-electron chi connectivity index (χ4n) is 6.31. The SMILES string of the molecule is Nc1nnc(-c2ccccc2O)cc1O[C@H]1CCCN(c2ccc(N3CCN(CCCN4CCNCC4)CC3)cc2)C1. The number of hydrogen-bond acceptors (Lipinski definition) is 10. The Morgan fingerprint density at radius 2 is 1.52 bits per heavy atom. The number of aromatic nitrogens is 2. The van der Waals surface area contributed by atoms with Crippen molar-refractivity contribution in [2.75, 3.05) is 94.1 Å². The van der Waals surface area contributed by atoms with Crippen molar-refractivity contribution >= 4 is 17.2 Å². The summed E-state index contributed by atoms with van der Waals surface area (Å²) in [5.41, 5.74) is 9.79. The Labute approximate surface area is 249 Å². The third kappa shape index (κ3) is 7.06. The van der Waals surface area contributed by atoms with Crippen LogP contribution < -0.4 is 25.6 Å². The average molecular weight is 573 g/mol. The zero-order valence-electron chi connectivity index (χ0n) is 24.5. The number of rotatable bonds is 9. The molecule has 0 spiro atoms. The predicted molar refractivity (Wildman–Crippen MR) is 168 cm³/mol. The van der Waals surface area contributed by atoms with Gasteiger partial charge >= 0.3 is 0 Å². The van der Waals surface area contributed by atoms with Crippen molar-refractivity contribution in [1.29, 1.82) is 0 Å². The Bertz CT molecular complexity index is 1290. The molecule has 42 heavy (non-hydrogen) atoms. The first-order valence-corrected chi connectivity index (χ1v) is 15.5. The maximum atomic E-state index is 10.2. The van der Waals surface area contributed by atoms with E-state index < -0.39 is 0 Å². The largest absolute Gasteiger partial charge is 0.507 e. The number of benzene rings is 2. The molecule has 1 atom stereocenters. The number of nitrogens with two attached hydrogens (primary N) is 1. The van der Waals surface area contributed by atoms with E-state index in [-0.39, 0.29) is 17.7 Å². The molecular formula is C32H44N8O2. The third-order valence-electron chi connectivity index (χ3n) is 8.75. The minimum atomic E-state index is -0.0122. The van der Waals surface area contributed by atoms with Gasteiger partial charge in [-0.25, -0.2) is 0 Å². The first-order chi connectivity index (χ1) is 20.6. The van der Waals surface area contributed by atoms with Gasteiger partial charge in [-0.05, 0) is 68.8 Å². The van der Waals surface area contributed by atoms with Crippen molar-refractivity contribution in [2.24, 2.45) is 0 Å². The van der Waals surface area contributed by atoms with Gasteiger partial charge in [0.15, 0.2) is 11.6 Å². The molecule has 0 unspecified atom stereocenters. The highest BCUT2D eigenvalue weighted by Gasteiger charge is 2.24. The van der Waals surface area contributed by atoms with Crippen LogP contribution in [0.2, 0.25) is 0 Å². The zero-order chi connectivity index (χ0) is 28.7. The summed E-state index contributed by atoms with van der Waals surface area (Å²) in [6, 6.07) is 17.9. The molecule has 4 N–H and O–H groups in total. The lowest BCUT2D eigenvalue weighted by Gasteiger charge is -2.37. The molecule has 3 aliphatic heterocycles. The summed E-state index contributed by atoms with van der Waals surface area (Å²) in [4.78, 5) is 10.1. The minimum Gasteiger partial charge on any atom is -0.507 e. The summed E-state index contributed by atoms with van der Waals surface area (Å²) in [7, 11) is 0. The second kappa shape index (κ2) is 13.6. The normalized spacial score (nSPS) is 20.5. The molecule has 3 aromatic rings. The second-order valence-corrected chi connectivity index (χ2v) is 11.6. The zero-order valence-corrected chi connectivity index (χ0v) is 24.5. The number of nitrogens with zero attached hydrogens (tertiary/aromatic N) is 6. The van der Waals surface area contributed by atoms with Crippen LogP contribution >= 0.6 is 0 Å². The van der Waals surface area contributed by atoms with Gasteiger partial charge in [-0.15, -0.1) is 10.2 Å². The number of nitrogens with one attached hydrogen (secondary N) is 1. The molecule has 6 rings (SSSR count). The van der Waals surface area contributed by atoms with Crippen molar-refractivity contribution < 1.29 is 9.84 Å². The molecule has 224 valence electrons. The average Bonchev–Trinajstić information content (AvgIpc) is 3.04. The maximum absolute atomic E-state index is 10.2. The van der Waals surface area contributed by atoms with Gasteiger partial charge < -0.3 is 35.6 Å². The van der Waals surface area contributed by atoms with Crippen molar-refractivity contribution in [3.8, 4) is 22.8 Å². The fraction of sp³-hybridized carbons (Fsp3) is 0.500. The maximum Gasteiger partial charge on any atom is 0.188 e. The number of phenols is 1. The number of anilines is 3. The monoisotopic (exact) mass is 572 g/mol. The highest BCUT2D eigenvalue weighted by molar-refractivity contribution is 5.68. The molecule has 0 amide bonds. The van der Waals surface area contributed by atoms with Crippen molar-refractivity contribution in [1.82, 2.24) is 25.3 Å². The van der Waals surface area contributed by atoms with Gasteiger partial charge in [0.25, 0.3) is 0 Å². The van der Waals surface area contributed by atoms with E-state index in [0.717, 1.165) is 65.2 Å². The number of ether oxygens (including phenoxy) is 1. The van der Waals surface area contributed by atoms with E-state index in [0.29, 0.717) is 17.0 Å². The van der Waals surface area contributed by atoms with Crippen molar-refractivity contribution in [3.63, 3.8) is 0 Å². The van der Waals surface area contributed by atoms with E-state index in [1.54, 1.807) is 24.3 Å². The minimum absolute atomic E-state index is 0.0122. The molecule has 4 heterocycles. The van der Waals surface area contributed by atoms with Crippen molar-refractivity contribution in [3.05, 3.63) is 54.6 Å². The Hall–Kier alpha value is -3.60. The lowest BCUT2D eigenvalue weighted by Crippen LogP contribution is -2.48. The summed E-state index contributed by atoms with van der Waals surface area (Å²) >= 11 is 0. The second-order valence-electron chi connectivity index (χ2n) is 11.6. The summed E-state index contributed by atoms with van der Waals surface area (Å²) in [6.45, 7) is 13.3. The molecule has 0 radical (unpaired) electrons. The number of piperazine rings is 2. The van der Waals surface area contributed by atoms with Crippen LogP contribution in [-0.2, 0) is 0 Å². The predicted octanol–water partition coefficient (Wildman–Crippen LogP) is 2.90. The summed E-state index contributed by atoms with van der Waals surface area (Å²) < 4.78 is 6.36. The lowest BCUT2D eigenvalue weighted by molar-refractivity contribution is 0.180. The number of piperidine rings is 1. The number of para-hydroxylation sites is 1. The Morgan fingerprint density at radius 1 is 0.833 bits per heavy atom. The van der Waals surface area contributed by atoms with E-state index in [4.69, 9.17) is 10.5 Å². The van der Waals surface area contributed by atoms with Crippen LogP contribution in [0.25, 0.3) is 11.3 Å². The van der Waals surface area contributed by atoms with Crippen LogP contribution in [0.4, 0.5) is 17.2 Å². The highest BCUT2D eigenvalue weighted by atomic mass is 16.5. The lowest BCUT2D eigenvalue weighted by atomic mass is 10.1. The van der Waals surface area contributed by atoms with Crippen LogP contribution in [0.5, 0.6) is 11.5 Å². The Balaban J connectivity index is 0.997. The molecule has 0 bridgehead atoms. The molecule has 10 nitrogen and oxygen atoms in total. The fourth-order valence-corrected chi connectivity index (χ4v) is 6.31. The standard InChI is InChI=1S/C32H44N8O2/c33-32-31(23-29(35-36-32)28-6-1-2-7-30(28)41)42-27-5-3-16-40(24-27)26-10-8-25(9-11-26)39-21-19-38(20-22-39)15-4-14-37-17-12-34-13-18-37/h1-2,6-11,23,27,34,41H,3-5,12-22,24H2,(H2,33,36)/t27-/m0/s1. The summed E-state index contributed by atoms with van der Waals surface area (Å²) in [5, 5.41) is 21.9. The van der Waals surface area contributed by atoms with Crippen molar-refractivity contribution in [2.45, 2.75) is 25.4 Å². The molecule has 10 heteroatoms. The first kappa shape index (κ1) is 28.5. The molecule has 0 saturated carbocycles. The Kier molecular flexibility index (Phi) is 9.22. The molecule has 1 aromatic heterocycles. The molecule has 0 aliphatic carbocycles. The Morgan fingerprint density at radius 3 is 2.26 bits per heavy atom. The van der Waals surface area contributed by atoms with E-state index >= 15 is 0 Å².